The Hall–Kier alpha value is -2.87. The van der Waals surface area contributed by atoms with E-state index >= 15 is 0 Å². The normalized spacial score (nSPS) is 22.4. The Kier molecular flexibility index (Phi) is 4.34. The Morgan fingerprint density at radius 3 is 2.85 bits per heavy atom. The van der Waals surface area contributed by atoms with Crippen molar-refractivity contribution >= 4 is 11.7 Å². The molecule has 0 aliphatic carbocycles. The standard InChI is InChI=1S/C21H22N4O/c22-14-17-5-3-6-18(13-17)20(26)25-12-9-21(16-25)8-4-11-24(15-21)19-7-1-2-10-23-19/h1-3,5-7,10,13H,4,8-9,11-12,15-16H2/t21-/m1/s1. The van der Waals surface area contributed by atoms with Gasteiger partial charge in [0.1, 0.15) is 5.82 Å². The van der Waals surface area contributed by atoms with Crippen molar-refractivity contribution in [3.05, 3.63) is 59.8 Å². The Labute approximate surface area is 153 Å². The van der Waals surface area contributed by atoms with E-state index in [1.807, 2.05) is 23.2 Å². The summed E-state index contributed by atoms with van der Waals surface area (Å²) in [6.07, 6.45) is 5.14. The molecule has 5 nitrogen and oxygen atoms in total. The minimum atomic E-state index is 0.0361. The quantitative estimate of drug-likeness (QED) is 0.838. The van der Waals surface area contributed by atoms with Gasteiger partial charge in [0, 0.05) is 43.4 Å². The highest BCUT2D eigenvalue weighted by molar-refractivity contribution is 5.94. The Morgan fingerprint density at radius 1 is 1.12 bits per heavy atom. The third-order valence-corrected chi connectivity index (χ3v) is 5.60. The maximum absolute atomic E-state index is 12.9. The predicted molar refractivity (Wildman–Crippen MR) is 99.8 cm³/mol. The van der Waals surface area contributed by atoms with Crippen LogP contribution in [0.3, 0.4) is 0 Å². The molecule has 2 aliphatic rings. The second-order valence-electron chi connectivity index (χ2n) is 7.38. The lowest BCUT2D eigenvalue weighted by Crippen LogP contribution is -2.45. The molecule has 2 aliphatic heterocycles. The van der Waals surface area contributed by atoms with Gasteiger partial charge in [-0.1, -0.05) is 12.1 Å². The molecule has 4 rings (SSSR count). The fourth-order valence-electron chi connectivity index (χ4n) is 4.29. The molecule has 0 bridgehead atoms. The summed E-state index contributed by atoms with van der Waals surface area (Å²) in [4.78, 5) is 21.7. The first-order valence-corrected chi connectivity index (χ1v) is 9.15. The van der Waals surface area contributed by atoms with Crippen LogP contribution in [0.4, 0.5) is 5.82 Å². The number of hydrogen-bond acceptors (Lipinski definition) is 4. The molecule has 1 aromatic heterocycles. The van der Waals surface area contributed by atoms with Gasteiger partial charge in [0.2, 0.25) is 0 Å². The largest absolute Gasteiger partial charge is 0.356 e. The van der Waals surface area contributed by atoms with Gasteiger partial charge in [0.25, 0.3) is 5.91 Å². The molecule has 1 atom stereocenters. The van der Waals surface area contributed by atoms with Gasteiger partial charge >= 0.3 is 0 Å². The molecule has 1 spiro atoms. The summed E-state index contributed by atoms with van der Waals surface area (Å²) in [6, 6.07) is 15.1. The van der Waals surface area contributed by atoms with E-state index in [1.54, 1.807) is 24.3 Å². The molecular weight excluding hydrogens is 324 g/mol. The molecule has 0 radical (unpaired) electrons. The summed E-state index contributed by atoms with van der Waals surface area (Å²) < 4.78 is 0. The first-order valence-electron chi connectivity index (χ1n) is 9.15. The van der Waals surface area contributed by atoms with Crippen LogP contribution < -0.4 is 4.90 Å². The van der Waals surface area contributed by atoms with Gasteiger partial charge in [-0.05, 0) is 49.6 Å². The van der Waals surface area contributed by atoms with Crippen LogP contribution >= 0.6 is 0 Å². The molecule has 2 saturated heterocycles. The second-order valence-corrected chi connectivity index (χ2v) is 7.38. The molecule has 0 N–H and O–H groups in total. The van der Waals surface area contributed by atoms with Gasteiger partial charge in [-0.15, -0.1) is 0 Å². The topological polar surface area (TPSA) is 60.2 Å². The molecule has 3 heterocycles. The van der Waals surface area contributed by atoms with Crippen molar-refractivity contribution in [3.8, 4) is 6.07 Å². The van der Waals surface area contributed by atoms with Crippen molar-refractivity contribution in [1.29, 1.82) is 5.26 Å². The number of nitrogens with zero attached hydrogens (tertiary/aromatic N) is 4. The van der Waals surface area contributed by atoms with Crippen LogP contribution in [0, 0.1) is 16.7 Å². The van der Waals surface area contributed by atoms with Crippen LogP contribution in [-0.4, -0.2) is 42.0 Å². The molecule has 5 heteroatoms. The highest BCUT2D eigenvalue weighted by Gasteiger charge is 2.43. The highest BCUT2D eigenvalue weighted by Crippen LogP contribution is 2.40. The molecule has 0 unspecified atom stereocenters. The molecule has 132 valence electrons. The zero-order chi connectivity index (χ0) is 18.0. The molecule has 1 aromatic carbocycles. The number of hydrogen-bond donors (Lipinski definition) is 0. The highest BCUT2D eigenvalue weighted by atomic mass is 16.2. The van der Waals surface area contributed by atoms with Gasteiger partial charge < -0.3 is 9.80 Å². The van der Waals surface area contributed by atoms with Crippen LogP contribution in [0.15, 0.2) is 48.7 Å². The van der Waals surface area contributed by atoms with Gasteiger partial charge in [-0.2, -0.15) is 5.26 Å². The van der Waals surface area contributed by atoms with E-state index in [9.17, 15) is 4.79 Å². The van der Waals surface area contributed by atoms with Crippen LogP contribution in [0.5, 0.6) is 0 Å². The first-order chi connectivity index (χ1) is 12.7. The number of benzene rings is 1. The zero-order valence-corrected chi connectivity index (χ0v) is 14.8. The average molecular weight is 346 g/mol. The fraction of sp³-hybridized carbons (Fsp3) is 0.381. The van der Waals surface area contributed by atoms with E-state index in [1.165, 1.54) is 0 Å². The lowest BCUT2D eigenvalue weighted by molar-refractivity contribution is 0.0767. The van der Waals surface area contributed by atoms with Gasteiger partial charge in [0.15, 0.2) is 0 Å². The number of anilines is 1. The van der Waals surface area contributed by atoms with E-state index in [0.29, 0.717) is 11.1 Å². The first kappa shape index (κ1) is 16.6. The molecule has 2 aromatic rings. The van der Waals surface area contributed by atoms with Crippen molar-refractivity contribution in [1.82, 2.24) is 9.88 Å². The fourth-order valence-corrected chi connectivity index (χ4v) is 4.29. The Balaban J connectivity index is 1.48. The van der Waals surface area contributed by atoms with Crippen LogP contribution in [0.25, 0.3) is 0 Å². The summed E-state index contributed by atoms with van der Waals surface area (Å²) >= 11 is 0. The van der Waals surface area contributed by atoms with Crippen molar-refractivity contribution in [2.24, 2.45) is 5.41 Å². The van der Waals surface area contributed by atoms with Crippen molar-refractivity contribution in [2.45, 2.75) is 19.3 Å². The van der Waals surface area contributed by atoms with E-state index < -0.39 is 0 Å². The number of rotatable bonds is 2. The van der Waals surface area contributed by atoms with Crippen molar-refractivity contribution < 1.29 is 4.79 Å². The Morgan fingerprint density at radius 2 is 2.04 bits per heavy atom. The molecule has 2 fully saturated rings. The summed E-state index contributed by atoms with van der Waals surface area (Å²) in [5.74, 6) is 1.06. The second kappa shape index (κ2) is 6.80. The van der Waals surface area contributed by atoms with Crippen LogP contribution in [0.1, 0.15) is 35.2 Å². The lowest BCUT2D eigenvalue weighted by atomic mass is 9.79. The number of piperidine rings is 1. The van der Waals surface area contributed by atoms with E-state index in [-0.39, 0.29) is 11.3 Å². The maximum atomic E-state index is 12.9. The van der Waals surface area contributed by atoms with Gasteiger partial charge in [-0.3, -0.25) is 4.79 Å². The van der Waals surface area contributed by atoms with Crippen LogP contribution in [-0.2, 0) is 0 Å². The minimum absolute atomic E-state index is 0.0361. The molecule has 26 heavy (non-hydrogen) atoms. The number of pyridine rings is 1. The van der Waals surface area contributed by atoms with Crippen molar-refractivity contribution in [3.63, 3.8) is 0 Å². The SMILES string of the molecule is N#Cc1cccc(C(=O)N2CC[C@@]3(CCCN(c4ccccn4)C3)C2)c1. The van der Waals surface area contributed by atoms with E-state index in [2.05, 4.69) is 22.0 Å². The van der Waals surface area contributed by atoms with Gasteiger partial charge in [0.05, 0.1) is 11.6 Å². The average Bonchev–Trinajstić information content (AvgIpc) is 3.11. The maximum Gasteiger partial charge on any atom is 0.253 e. The molecule has 0 saturated carbocycles. The number of carbonyl (C=O) groups is 1. The Bertz CT molecular complexity index is 845. The number of nitriles is 1. The zero-order valence-electron chi connectivity index (χ0n) is 14.8. The summed E-state index contributed by atoms with van der Waals surface area (Å²) in [7, 11) is 0. The number of aromatic nitrogens is 1. The minimum Gasteiger partial charge on any atom is -0.356 e. The third-order valence-electron chi connectivity index (χ3n) is 5.60. The summed E-state index contributed by atoms with van der Waals surface area (Å²) in [5.41, 5.74) is 1.29. The van der Waals surface area contributed by atoms with E-state index in [4.69, 9.17) is 5.26 Å². The smallest absolute Gasteiger partial charge is 0.253 e. The lowest BCUT2D eigenvalue weighted by Gasteiger charge is -2.41. The number of likely N-dealkylation sites (tertiary alicyclic amines) is 1. The third kappa shape index (κ3) is 3.15. The summed E-state index contributed by atoms with van der Waals surface area (Å²) in [5, 5.41) is 9.06. The molecule has 1 amide bonds. The summed E-state index contributed by atoms with van der Waals surface area (Å²) in [6.45, 7) is 3.54. The molecular formula is C21H22N4O. The van der Waals surface area contributed by atoms with E-state index in [0.717, 1.165) is 51.3 Å². The monoisotopic (exact) mass is 346 g/mol. The van der Waals surface area contributed by atoms with Crippen LogP contribution in [0.2, 0.25) is 0 Å². The number of carbonyl (C=O) groups excluding carboxylic acids is 1. The van der Waals surface area contributed by atoms with Gasteiger partial charge in [-0.25, -0.2) is 4.98 Å². The van der Waals surface area contributed by atoms with Crippen molar-refractivity contribution in [2.75, 3.05) is 31.1 Å². The predicted octanol–water partition coefficient (Wildman–Crippen LogP) is 3.09. The number of amides is 1.